The van der Waals surface area contributed by atoms with Crippen LogP contribution < -0.4 is 5.73 Å². The number of halogens is 1. The van der Waals surface area contributed by atoms with E-state index in [1.807, 2.05) is 24.3 Å². The van der Waals surface area contributed by atoms with Crippen LogP contribution in [0.25, 0.3) is 0 Å². The summed E-state index contributed by atoms with van der Waals surface area (Å²) in [6.07, 6.45) is 1.74. The maximum atomic E-state index is 6.20. The van der Waals surface area contributed by atoms with E-state index in [4.69, 9.17) is 17.3 Å². The minimum atomic E-state index is -0.00530. The molecule has 1 aromatic carbocycles. The Bertz CT molecular complexity index is 531. The van der Waals surface area contributed by atoms with E-state index in [-0.39, 0.29) is 6.04 Å². The van der Waals surface area contributed by atoms with Gasteiger partial charge in [-0.05, 0) is 30.2 Å². The predicted octanol–water partition coefficient (Wildman–Crippen LogP) is 3.84. The van der Waals surface area contributed by atoms with Crippen LogP contribution in [0.5, 0.6) is 0 Å². The first-order valence-corrected chi connectivity index (χ1v) is 7.09. The van der Waals surface area contributed by atoms with Crippen molar-refractivity contribution in [3.05, 3.63) is 58.7 Å². The summed E-state index contributed by atoms with van der Waals surface area (Å²) in [5.41, 5.74) is 8.60. The lowest BCUT2D eigenvalue weighted by Gasteiger charge is -2.14. The number of thioether (sulfide) groups is 1. The molecule has 0 spiro atoms. The third-order valence-corrected chi connectivity index (χ3v) is 4.25. The van der Waals surface area contributed by atoms with E-state index in [1.54, 1.807) is 18.0 Å². The number of nitrogens with zero attached hydrogens (tertiary/aromatic N) is 1. The second-order valence-corrected chi connectivity index (χ2v) is 5.48. The lowest BCUT2D eigenvalue weighted by atomic mass is 10.0. The highest BCUT2D eigenvalue weighted by Crippen LogP contribution is 2.28. The van der Waals surface area contributed by atoms with Crippen LogP contribution >= 0.6 is 23.4 Å². The number of rotatable bonds is 4. The smallest absolute Gasteiger partial charge is 0.115 e. The van der Waals surface area contributed by atoms with Gasteiger partial charge in [0.2, 0.25) is 0 Å². The molecular weight excluding hydrogens is 264 g/mol. The molecule has 4 heteroatoms. The molecule has 2 nitrogen and oxygen atoms in total. The largest absolute Gasteiger partial charge is 0.323 e. The SMILES string of the molecule is Cc1ccccc1C(N)CSc1ncccc1Cl. The van der Waals surface area contributed by atoms with E-state index in [2.05, 4.69) is 24.0 Å². The number of aryl methyl sites for hydroxylation is 1. The Kier molecular flexibility index (Phi) is 4.64. The Labute approximate surface area is 117 Å². The fraction of sp³-hybridized carbons (Fsp3) is 0.214. The number of nitrogens with two attached hydrogens (primary N) is 1. The number of hydrogen-bond donors (Lipinski definition) is 1. The second kappa shape index (κ2) is 6.23. The minimum absolute atomic E-state index is 0.00530. The van der Waals surface area contributed by atoms with Crippen molar-refractivity contribution in [2.24, 2.45) is 5.73 Å². The van der Waals surface area contributed by atoms with Crippen LogP contribution in [0.15, 0.2) is 47.6 Å². The zero-order chi connectivity index (χ0) is 13.0. The predicted molar refractivity (Wildman–Crippen MR) is 78.1 cm³/mol. The molecule has 1 unspecified atom stereocenters. The van der Waals surface area contributed by atoms with E-state index in [0.29, 0.717) is 5.02 Å². The molecule has 2 aromatic rings. The molecule has 0 saturated heterocycles. The van der Waals surface area contributed by atoms with Crippen LogP contribution in [0.2, 0.25) is 5.02 Å². The lowest BCUT2D eigenvalue weighted by Crippen LogP contribution is -2.14. The van der Waals surface area contributed by atoms with Gasteiger partial charge in [0.15, 0.2) is 0 Å². The van der Waals surface area contributed by atoms with Gasteiger partial charge in [-0.2, -0.15) is 0 Å². The molecule has 0 saturated carbocycles. The molecule has 94 valence electrons. The molecule has 2 N–H and O–H groups in total. The highest BCUT2D eigenvalue weighted by molar-refractivity contribution is 7.99. The normalized spacial score (nSPS) is 12.4. The summed E-state index contributed by atoms with van der Waals surface area (Å²) >= 11 is 7.65. The van der Waals surface area contributed by atoms with E-state index < -0.39 is 0 Å². The van der Waals surface area contributed by atoms with Crippen molar-refractivity contribution in [3.8, 4) is 0 Å². The van der Waals surface area contributed by atoms with Crippen molar-refractivity contribution >= 4 is 23.4 Å². The van der Waals surface area contributed by atoms with Crippen LogP contribution in [-0.2, 0) is 0 Å². The van der Waals surface area contributed by atoms with Crippen molar-refractivity contribution in [3.63, 3.8) is 0 Å². The van der Waals surface area contributed by atoms with Gasteiger partial charge in [-0.1, -0.05) is 35.9 Å². The standard InChI is InChI=1S/C14H15ClN2S/c1-10-5-2-3-6-11(10)13(16)9-18-14-12(15)7-4-8-17-14/h2-8,13H,9,16H2,1H3. The van der Waals surface area contributed by atoms with Gasteiger partial charge in [-0.15, -0.1) is 11.8 Å². The maximum Gasteiger partial charge on any atom is 0.115 e. The van der Waals surface area contributed by atoms with Crippen molar-refractivity contribution in [1.29, 1.82) is 0 Å². The molecule has 0 radical (unpaired) electrons. The molecule has 1 aromatic heterocycles. The van der Waals surface area contributed by atoms with Crippen molar-refractivity contribution < 1.29 is 0 Å². The molecule has 2 rings (SSSR count). The summed E-state index contributed by atoms with van der Waals surface area (Å²) in [6, 6.07) is 11.8. The Morgan fingerprint density at radius 1 is 1.28 bits per heavy atom. The van der Waals surface area contributed by atoms with E-state index in [0.717, 1.165) is 10.8 Å². The van der Waals surface area contributed by atoms with E-state index in [9.17, 15) is 0 Å². The lowest BCUT2D eigenvalue weighted by molar-refractivity contribution is 0.821. The Balaban J connectivity index is 2.03. The first-order valence-electron chi connectivity index (χ1n) is 5.73. The Morgan fingerprint density at radius 2 is 2.06 bits per heavy atom. The Hall–Kier alpha value is -1.03. The van der Waals surface area contributed by atoms with Gasteiger partial charge < -0.3 is 5.73 Å². The van der Waals surface area contributed by atoms with Crippen LogP contribution in [-0.4, -0.2) is 10.7 Å². The topological polar surface area (TPSA) is 38.9 Å². The summed E-state index contributed by atoms with van der Waals surface area (Å²) in [4.78, 5) is 4.24. The van der Waals surface area contributed by atoms with Gasteiger partial charge in [0.25, 0.3) is 0 Å². The van der Waals surface area contributed by atoms with Crippen molar-refractivity contribution in [2.45, 2.75) is 18.0 Å². The summed E-state index contributed by atoms with van der Waals surface area (Å²) in [5, 5.41) is 1.52. The van der Waals surface area contributed by atoms with Gasteiger partial charge >= 0.3 is 0 Å². The molecule has 1 atom stereocenters. The number of benzene rings is 1. The van der Waals surface area contributed by atoms with E-state index >= 15 is 0 Å². The maximum absolute atomic E-state index is 6.20. The summed E-state index contributed by atoms with van der Waals surface area (Å²) in [7, 11) is 0. The molecule has 18 heavy (non-hydrogen) atoms. The van der Waals surface area contributed by atoms with Crippen LogP contribution in [0.3, 0.4) is 0 Å². The molecule has 1 heterocycles. The highest BCUT2D eigenvalue weighted by Gasteiger charge is 2.10. The zero-order valence-electron chi connectivity index (χ0n) is 10.1. The molecule has 0 amide bonds. The number of pyridine rings is 1. The van der Waals surface area contributed by atoms with E-state index in [1.165, 1.54) is 11.1 Å². The minimum Gasteiger partial charge on any atom is -0.323 e. The van der Waals surface area contributed by atoms with Gasteiger partial charge in [0.05, 0.1) is 5.02 Å². The van der Waals surface area contributed by atoms with Crippen LogP contribution in [0.1, 0.15) is 17.2 Å². The average molecular weight is 279 g/mol. The molecule has 0 fully saturated rings. The quantitative estimate of drug-likeness (QED) is 0.864. The summed E-state index contributed by atoms with van der Waals surface area (Å²) in [6.45, 7) is 2.08. The number of hydrogen-bond acceptors (Lipinski definition) is 3. The van der Waals surface area contributed by atoms with Gasteiger partial charge in [-0.3, -0.25) is 0 Å². The fourth-order valence-corrected chi connectivity index (χ4v) is 2.88. The third-order valence-electron chi connectivity index (χ3n) is 2.71. The summed E-state index contributed by atoms with van der Waals surface area (Å²) in [5.74, 6) is 0.765. The fourth-order valence-electron chi connectivity index (χ4n) is 1.74. The van der Waals surface area contributed by atoms with Crippen molar-refractivity contribution in [1.82, 2.24) is 4.98 Å². The molecule has 0 aliphatic rings. The number of aromatic nitrogens is 1. The second-order valence-electron chi connectivity index (χ2n) is 4.06. The molecule has 0 aliphatic heterocycles. The van der Waals surface area contributed by atoms with Gasteiger partial charge in [0, 0.05) is 18.0 Å². The van der Waals surface area contributed by atoms with Gasteiger partial charge in [-0.25, -0.2) is 4.98 Å². The van der Waals surface area contributed by atoms with Gasteiger partial charge in [0.1, 0.15) is 5.03 Å². The Morgan fingerprint density at radius 3 is 2.78 bits per heavy atom. The third kappa shape index (κ3) is 3.25. The molecular formula is C14H15ClN2S. The zero-order valence-corrected chi connectivity index (χ0v) is 11.7. The molecule has 0 aliphatic carbocycles. The first-order chi connectivity index (χ1) is 8.68. The van der Waals surface area contributed by atoms with Crippen LogP contribution in [0, 0.1) is 6.92 Å². The molecule has 0 bridgehead atoms. The first kappa shape index (κ1) is 13.4. The van der Waals surface area contributed by atoms with Crippen molar-refractivity contribution in [2.75, 3.05) is 5.75 Å². The monoisotopic (exact) mass is 278 g/mol. The summed E-state index contributed by atoms with van der Waals surface area (Å²) < 4.78 is 0. The highest BCUT2D eigenvalue weighted by atomic mass is 35.5. The average Bonchev–Trinajstić information content (AvgIpc) is 2.38. The van der Waals surface area contributed by atoms with Crippen LogP contribution in [0.4, 0.5) is 0 Å².